The van der Waals surface area contributed by atoms with Crippen molar-refractivity contribution in [2.75, 3.05) is 6.61 Å². The highest BCUT2D eigenvalue weighted by molar-refractivity contribution is 9.10. The van der Waals surface area contributed by atoms with E-state index in [1.165, 1.54) is 18.2 Å². The van der Waals surface area contributed by atoms with Crippen molar-refractivity contribution in [1.29, 1.82) is 0 Å². The standard InChI is InChI=1S/C25H18BrClFNO4/c1-2-31-22-13-15(11-19(27)23(22)32-14-16-7-3-5-9-18(16)26)12-21-25(30)33-24(29-21)17-8-4-6-10-20(17)28/h3-13H,2,14H2,1H3/b21-12-. The highest BCUT2D eigenvalue weighted by atomic mass is 79.9. The Balaban J connectivity index is 1.63. The van der Waals surface area contributed by atoms with E-state index in [9.17, 15) is 9.18 Å². The van der Waals surface area contributed by atoms with Gasteiger partial charge in [-0.1, -0.05) is 57.9 Å². The maximum atomic E-state index is 14.0. The summed E-state index contributed by atoms with van der Waals surface area (Å²) in [5, 5.41) is 0.310. The number of ether oxygens (including phenoxy) is 3. The Labute approximate surface area is 203 Å². The molecule has 0 radical (unpaired) electrons. The van der Waals surface area contributed by atoms with Gasteiger partial charge in [0.25, 0.3) is 0 Å². The van der Waals surface area contributed by atoms with Gasteiger partial charge in [-0.25, -0.2) is 14.2 Å². The van der Waals surface area contributed by atoms with Crippen LogP contribution in [0.15, 0.2) is 75.8 Å². The van der Waals surface area contributed by atoms with Crippen LogP contribution in [0.25, 0.3) is 6.08 Å². The van der Waals surface area contributed by atoms with Crippen molar-refractivity contribution in [1.82, 2.24) is 0 Å². The lowest BCUT2D eigenvalue weighted by Crippen LogP contribution is -2.07. The summed E-state index contributed by atoms with van der Waals surface area (Å²) in [7, 11) is 0. The largest absolute Gasteiger partial charge is 0.490 e. The number of nitrogens with zero attached hydrogens (tertiary/aromatic N) is 1. The van der Waals surface area contributed by atoms with E-state index in [0.29, 0.717) is 28.7 Å². The van der Waals surface area contributed by atoms with Gasteiger partial charge in [-0.15, -0.1) is 0 Å². The van der Waals surface area contributed by atoms with E-state index in [1.807, 2.05) is 31.2 Å². The first kappa shape index (κ1) is 23.0. The molecule has 0 amide bonds. The maximum absolute atomic E-state index is 14.0. The minimum absolute atomic E-state index is 0.0219. The second kappa shape index (κ2) is 10.2. The number of carbonyl (C=O) groups is 1. The van der Waals surface area contributed by atoms with Gasteiger partial charge in [0.15, 0.2) is 17.2 Å². The van der Waals surface area contributed by atoms with Crippen molar-refractivity contribution >= 4 is 45.5 Å². The summed E-state index contributed by atoms with van der Waals surface area (Å²) in [5.41, 5.74) is 1.64. The van der Waals surface area contributed by atoms with E-state index in [4.69, 9.17) is 25.8 Å². The Morgan fingerprint density at radius 3 is 2.64 bits per heavy atom. The number of halogens is 3. The van der Waals surface area contributed by atoms with Crippen molar-refractivity contribution in [3.05, 3.63) is 98.4 Å². The van der Waals surface area contributed by atoms with Gasteiger partial charge in [0.1, 0.15) is 12.4 Å². The molecule has 0 bridgehead atoms. The summed E-state index contributed by atoms with van der Waals surface area (Å²) in [5.74, 6) is -0.487. The predicted octanol–water partition coefficient (Wildman–Crippen LogP) is 6.56. The zero-order chi connectivity index (χ0) is 23.4. The minimum Gasteiger partial charge on any atom is -0.490 e. The lowest BCUT2D eigenvalue weighted by Gasteiger charge is -2.15. The van der Waals surface area contributed by atoms with Crippen LogP contribution in [0.4, 0.5) is 4.39 Å². The highest BCUT2D eigenvalue weighted by Crippen LogP contribution is 2.38. The number of carbonyl (C=O) groups excluding carboxylic acids is 1. The molecule has 0 atom stereocenters. The third kappa shape index (κ3) is 5.26. The van der Waals surface area contributed by atoms with Gasteiger partial charge >= 0.3 is 5.97 Å². The quantitative estimate of drug-likeness (QED) is 0.256. The van der Waals surface area contributed by atoms with Crippen LogP contribution in [0.1, 0.15) is 23.6 Å². The van der Waals surface area contributed by atoms with E-state index in [-0.39, 0.29) is 23.8 Å². The summed E-state index contributed by atoms with van der Waals surface area (Å²) in [6, 6.07) is 17.0. The molecule has 0 saturated heterocycles. The molecule has 1 aliphatic rings. The fourth-order valence-electron chi connectivity index (χ4n) is 3.16. The summed E-state index contributed by atoms with van der Waals surface area (Å²) in [6.45, 7) is 2.51. The number of benzene rings is 3. The van der Waals surface area contributed by atoms with Crippen LogP contribution >= 0.6 is 27.5 Å². The van der Waals surface area contributed by atoms with Gasteiger partial charge in [-0.3, -0.25) is 0 Å². The number of aliphatic imine (C=N–C) groups is 1. The Bertz CT molecular complexity index is 1280. The van der Waals surface area contributed by atoms with E-state index in [0.717, 1.165) is 10.0 Å². The smallest absolute Gasteiger partial charge is 0.363 e. The maximum Gasteiger partial charge on any atom is 0.363 e. The first-order valence-corrected chi connectivity index (χ1v) is 11.2. The Morgan fingerprint density at radius 1 is 1.12 bits per heavy atom. The fraction of sp³-hybridized carbons (Fsp3) is 0.120. The molecule has 0 saturated carbocycles. The Kier molecular flexibility index (Phi) is 7.11. The van der Waals surface area contributed by atoms with Gasteiger partial charge in [0.05, 0.1) is 17.2 Å². The third-order valence-corrected chi connectivity index (χ3v) is 5.74. The van der Waals surface area contributed by atoms with Crippen molar-refractivity contribution in [2.24, 2.45) is 4.99 Å². The molecule has 0 aliphatic carbocycles. The first-order chi connectivity index (χ1) is 16.0. The number of rotatable bonds is 7. The zero-order valence-electron chi connectivity index (χ0n) is 17.5. The van der Waals surface area contributed by atoms with Crippen LogP contribution in [0.5, 0.6) is 11.5 Å². The number of esters is 1. The molecule has 3 aromatic rings. The molecule has 0 N–H and O–H groups in total. The Hall–Kier alpha value is -3.16. The molecule has 33 heavy (non-hydrogen) atoms. The molecule has 1 heterocycles. The third-order valence-electron chi connectivity index (χ3n) is 4.69. The monoisotopic (exact) mass is 529 g/mol. The predicted molar refractivity (Wildman–Crippen MR) is 128 cm³/mol. The molecule has 8 heteroatoms. The van der Waals surface area contributed by atoms with Crippen molar-refractivity contribution < 1.29 is 23.4 Å². The Morgan fingerprint density at radius 2 is 1.88 bits per heavy atom. The van der Waals surface area contributed by atoms with Crippen LogP contribution in [0, 0.1) is 5.82 Å². The van der Waals surface area contributed by atoms with Crippen molar-refractivity contribution in [2.45, 2.75) is 13.5 Å². The molecule has 0 unspecified atom stereocenters. The van der Waals surface area contributed by atoms with Gasteiger partial charge in [-0.2, -0.15) is 0 Å². The molecule has 168 valence electrons. The van der Waals surface area contributed by atoms with Crippen LogP contribution in [-0.4, -0.2) is 18.5 Å². The summed E-state index contributed by atoms with van der Waals surface area (Å²) < 4.78 is 31.8. The van der Waals surface area contributed by atoms with Gasteiger partial charge < -0.3 is 14.2 Å². The summed E-state index contributed by atoms with van der Waals surface area (Å²) in [4.78, 5) is 16.5. The number of hydrogen-bond acceptors (Lipinski definition) is 5. The second-order valence-electron chi connectivity index (χ2n) is 6.96. The van der Waals surface area contributed by atoms with Gasteiger partial charge in [-0.05, 0) is 48.9 Å². The summed E-state index contributed by atoms with van der Waals surface area (Å²) in [6.07, 6.45) is 1.50. The number of cyclic esters (lactones) is 1. The molecule has 1 aliphatic heterocycles. The van der Waals surface area contributed by atoms with Crippen molar-refractivity contribution in [3.63, 3.8) is 0 Å². The SMILES string of the molecule is CCOc1cc(/C=C2\N=C(c3ccccc3F)OC2=O)cc(Cl)c1OCc1ccccc1Br. The van der Waals surface area contributed by atoms with E-state index >= 15 is 0 Å². The number of hydrogen-bond donors (Lipinski definition) is 0. The topological polar surface area (TPSA) is 57.1 Å². The normalized spacial score (nSPS) is 14.2. The second-order valence-corrected chi connectivity index (χ2v) is 8.22. The van der Waals surface area contributed by atoms with Crippen LogP contribution < -0.4 is 9.47 Å². The van der Waals surface area contributed by atoms with Crippen LogP contribution in [0.3, 0.4) is 0 Å². The zero-order valence-corrected chi connectivity index (χ0v) is 19.8. The first-order valence-electron chi connectivity index (χ1n) is 10.1. The molecule has 0 fully saturated rings. The minimum atomic E-state index is -0.684. The molecule has 4 rings (SSSR count). The van der Waals surface area contributed by atoms with Crippen LogP contribution in [-0.2, 0) is 16.1 Å². The highest BCUT2D eigenvalue weighted by Gasteiger charge is 2.26. The van der Waals surface area contributed by atoms with E-state index in [2.05, 4.69) is 20.9 Å². The lowest BCUT2D eigenvalue weighted by atomic mass is 10.1. The van der Waals surface area contributed by atoms with E-state index in [1.54, 1.807) is 24.3 Å². The molecule has 0 spiro atoms. The molecule has 0 aromatic heterocycles. The average Bonchev–Trinajstić information content (AvgIpc) is 3.14. The average molecular weight is 531 g/mol. The molecular formula is C25H18BrClFNO4. The van der Waals surface area contributed by atoms with Gasteiger partial charge in [0, 0.05) is 10.0 Å². The van der Waals surface area contributed by atoms with Gasteiger partial charge in [0.2, 0.25) is 5.90 Å². The van der Waals surface area contributed by atoms with Crippen LogP contribution in [0.2, 0.25) is 5.02 Å². The molecule has 5 nitrogen and oxygen atoms in total. The molecular weight excluding hydrogens is 513 g/mol. The van der Waals surface area contributed by atoms with Crippen molar-refractivity contribution in [3.8, 4) is 11.5 Å². The fourth-order valence-corrected chi connectivity index (χ4v) is 3.83. The lowest BCUT2D eigenvalue weighted by molar-refractivity contribution is -0.129. The van der Waals surface area contributed by atoms with E-state index < -0.39 is 11.8 Å². The molecule has 3 aromatic carbocycles. The summed E-state index contributed by atoms with van der Waals surface area (Å²) >= 11 is 9.99.